The third-order valence-corrected chi connectivity index (χ3v) is 5.13. The molecule has 0 N–H and O–H groups in total. The van der Waals surface area contributed by atoms with Gasteiger partial charge in [0.25, 0.3) is 0 Å². The lowest BCUT2D eigenvalue weighted by atomic mass is 10.1. The average Bonchev–Trinajstić information content (AvgIpc) is 3.11. The fourth-order valence-electron chi connectivity index (χ4n) is 3.61. The molecule has 132 valence electrons. The molecule has 1 atom stereocenters. The second-order valence-electron chi connectivity index (χ2n) is 6.99. The molecule has 2 fully saturated rings. The van der Waals surface area contributed by atoms with Crippen molar-refractivity contribution in [1.82, 2.24) is 9.80 Å². The number of benzene rings is 1. The van der Waals surface area contributed by atoms with Crippen LogP contribution < -0.4 is 4.90 Å². The highest BCUT2D eigenvalue weighted by Gasteiger charge is 2.30. The van der Waals surface area contributed by atoms with Gasteiger partial charge < -0.3 is 14.5 Å². The van der Waals surface area contributed by atoms with E-state index in [-0.39, 0.29) is 0 Å². The number of morpholine rings is 1. The number of amides is 1. The smallest absolute Gasteiger partial charge is 0.222 e. The largest absolute Gasteiger partial charge is 0.379 e. The third-order valence-electron chi connectivity index (χ3n) is 5.13. The second kappa shape index (κ2) is 7.99. The van der Waals surface area contributed by atoms with Gasteiger partial charge in [0.2, 0.25) is 5.91 Å². The van der Waals surface area contributed by atoms with Crippen molar-refractivity contribution in [1.29, 1.82) is 0 Å². The van der Waals surface area contributed by atoms with Crippen LogP contribution >= 0.6 is 0 Å². The number of aryl methyl sites for hydroxylation is 1. The molecule has 0 spiro atoms. The highest BCUT2D eigenvalue weighted by molar-refractivity contribution is 5.76. The minimum Gasteiger partial charge on any atom is -0.379 e. The zero-order valence-corrected chi connectivity index (χ0v) is 14.9. The number of rotatable bonds is 5. The van der Waals surface area contributed by atoms with Gasteiger partial charge in [0, 0.05) is 58.4 Å². The molecule has 2 saturated heterocycles. The van der Waals surface area contributed by atoms with Crippen molar-refractivity contribution in [3.63, 3.8) is 0 Å². The van der Waals surface area contributed by atoms with Gasteiger partial charge in [-0.3, -0.25) is 9.69 Å². The molecule has 3 rings (SSSR count). The Labute approximate surface area is 145 Å². The summed E-state index contributed by atoms with van der Waals surface area (Å²) in [5.74, 6) is 0.293. The molecular formula is C19H29N3O2. The molecule has 24 heavy (non-hydrogen) atoms. The number of likely N-dealkylation sites (tertiary alicyclic amines) is 1. The van der Waals surface area contributed by atoms with E-state index in [4.69, 9.17) is 4.74 Å². The molecule has 1 unspecified atom stereocenters. The van der Waals surface area contributed by atoms with Crippen molar-refractivity contribution in [2.24, 2.45) is 0 Å². The number of hydrogen-bond donors (Lipinski definition) is 0. The van der Waals surface area contributed by atoms with E-state index in [1.807, 2.05) is 14.1 Å². The highest BCUT2D eigenvalue weighted by atomic mass is 16.5. The van der Waals surface area contributed by atoms with Gasteiger partial charge in [-0.15, -0.1) is 0 Å². The van der Waals surface area contributed by atoms with E-state index in [9.17, 15) is 4.79 Å². The van der Waals surface area contributed by atoms with Crippen LogP contribution in [0.1, 0.15) is 18.4 Å². The van der Waals surface area contributed by atoms with E-state index in [1.54, 1.807) is 0 Å². The zero-order chi connectivity index (χ0) is 16.9. The first-order chi connectivity index (χ1) is 11.6. The molecule has 0 bridgehead atoms. The van der Waals surface area contributed by atoms with Crippen molar-refractivity contribution in [3.05, 3.63) is 29.8 Å². The normalized spacial score (nSPS) is 21.9. The van der Waals surface area contributed by atoms with E-state index < -0.39 is 0 Å². The van der Waals surface area contributed by atoms with Crippen LogP contribution in [-0.2, 0) is 16.0 Å². The third kappa shape index (κ3) is 4.28. The SMILES string of the molecule is CN(C)c1cccc(CCC(=O)N2CCC(N3CCOCC3)C2)c1. The Kier molecular flexibility index (Phi) is 5.74. The summed E-state index contributed by atoms with van der Waals surface area (Å²) < 4.78 is 5.42. The monoisotopic (exact) mass is 331 g/mol. The molecule has 2 aliphatic rings. The van der Waals surface area contributed by atoms with Gasteiger partial charge in [-0.25, -0.2) is 0 Å². The highest BCUT2D eigenvalue weighted by Crippen LogP contribution is 2.19. The first kappa shape index (κ1) is 17.2. The fraction of sp³-hybridized carbons (Fsp3) is 0.632. The van der Waals surface area contributed by atoms with Gasteiger partial charge in [-0.2, -0.15) is 0 Å². The van der Waals surface area contributed by atoms with Crippen molar-refractivity contribution >= 4 is 11.6 Å². The predicted octanol–water partition coefficient (Wildman–Crippen LogP) is 1.62. The Balaban J connectivity index is 1.48. The molecule has 1 amide bonds. The molecule has 1 aromatic rings. The standard InChI is InChI=1S/C19H29N3O2/c1-20(2)17-5-3-4-16(14-17)6-7-19(23)22-9-8-18(15-22)21-10-12-24-13-11-21/h3-5,14,18H,6-13,15H2,1-2H3. The molecule has 5 nitrogen and oxygen atoms in total. The predicted molar refractivity (Wildman–Crippen MR) is 96.5 cm³/mol. The molecule has 5 heteroatoms. The second-order valence-corrected chi connectivity index (χ2v) is 6.99. The molecule has 0 aliphatic carbocycles. The maximum absolute atomic E-state index is 12.5. The maximum Gasteiger partial charge on any atom is 0.222 e. The van der Waals surface area contributed by atoms with Crippen LogP contribution in [0, 0.1) is 0 Å². The van der Waals surface area contributed by atoms with Gasteiger partial charge in [0.1, 0.15) is 0 Å². The van der Waals surface area contributed by atoms with Gasteiger partial charge in [-0.1, -0.05) is 12.1 Å². The van der Waals surface area contributed by atoms with Crippen LogP contribution in [0.3, 0.4) is 0 Å². The number of carbonyl (C=O) groups excluding carboxylic acids is 1. The lowest BCUT2D eigenvalue weighted by Gasteiger charge is -2.32. The fourth-order valence-corrected chi connectivity index (χ4v) is 3.61. The molecule has 1 aromatic carbocycles. The molecule has 0 aromatic heterocycles. The Bertz CT molecular complexity index is 555. The summed E-state index contributed by atoms with van der Waals surface area (Å²) >= 11 is 0. The molecular weight excluding hydrogens is 302 g/mol. The maximum atomic E-state index is 12.5. The zero-order valence-electron chi connectivity index (χ0n) is 14.9. The van der Waals surface area contributed by atoms with E-state index in [1.165, 1.54) is 11.3 Å². The first-order valence-electron chi connectivity index (χ1n) is 8.99. The molecule has 2 aliphatic heterocycles. The van der Waals surface area contributed by atoms with Crippen molar-refractivity contribution < 1.29 is 9.53 Å². The number of anilines is 1. The Morgan fingerprint density at radius 2 is 2.04 bits per heavy atom. The summed E-state index contributed by atoms with van der Waals surface area (Å²) in [5, 5.41) is 0. The Morgan fingerprint density at radius 1 is 1.25 bits per heavy atom. The van der Waals surface area contributed by atoms with Crippen LogP contribution in [-0.4, -0.2) is 75.2 Å². The van der Waals surface area contributed by atoms with Crippen molar-refractivity contribution in [3.8, 4) is 0 Å². The Hall–Kier alpha value is -1.59. The first-order valence-corrected chi connectivity index (χ1v) is 8.99. The minimum atomic E-state index is 0.293. The number of nitrogens with zero attached hydrogens (tertiary/aromatic N) is 3. The van der Waals surface area contributed by atoms with Crippen molar-refractivity contribution in [2.45, 2.75) is 25.3 Å². The Morgan fingerprint density at radius 3 is 2.79 bits per heavy atom. The van der Waals surface area contributed by atoms with E-state index >= 15 is 0 Å². The summed E-state index contributed by atoms with van der Waals surface area (Å²) in [6.07, 6.45) is 2.52. The summed E-state index contributed by atoms with van der Waals surface area (Å²) in [6, 6.07) is 8.97. The van der Waals surface area contributed by atoms with Gasteiger partial charge >= 0.3 is 0 Å². The number of ether oxygens (including phenoxy) is 1. The van der Waals surface area contributed by atoms with Crippen LogP contribution in [0.25, 0.3) is 0 Å². The van der Waals surface area contributed by atoms with Gasteiger partial charge in [0.15, 0.2) is 0 Å². The lowest BCUT2D eigenvalue weighted by Crippen LogP contribution is -2.45. The van der Waals surface area contributed by atoms with Crippen LogP contribution in [0.15, 0.2) is 24.3 Å². The molecule has 2 heterocycles. The van der Waals surface area contributed by atoms with Crippen molar-refractivity contribution in [2.75, 3.05) is 58.4 Å². The van der Waals surface area contributed by atoms with Gasteiger partial charge in [0.05, 0.1) is 13.2 Å². The number of carbonyl (C=O) groups is 1. The average molecular weight is 331 g/mol. The number of hydrogen-bond acceptors (Lipinski definition) is 4. The summed E-state index contributed by atoms with van der Waals surface area (Å²) in [6.45, 7) is 5.45. The van der Waals surface area contributed by atoms with E-state index in [2.05, 4.69) is 39.0 Å². The minimum absolute atomic E-state index is 0.293. The lowest BCUT2D eigenvalue weighted by molar-refractivity contribution is -0.130. The molecule has 0 radical (unpaired) electrons. The quantitative estimate of drug-likeness (QED) is 0.821. The van der Waals surface area contributed by atoms with E-state index in [0.29, 0.717) is 18.4 Å². The summed E-state index contributed by atoms with van der Waals surface area (Å²) in [5.41, 5.74) is 2.42. The molecule has 0 saturated carbocycles. The van der Waals surface area contributed by atoms with Gasteiger partial charge in [-0.05, 0) is 30.5 Å². The topological polar surface area (TPSA) is 36.0 Å². The summed E-state index contributed by atoms with van der Waals surface area (Å²) in [4.78, 5) is 19.2. The van der Waals surface area contributed by atoms with Crippen LogP contribution in [0.5, 0.6) is 0 Å². The van der Waals surface area contributed by atoms with Crippen LogP contribution in [0.4, 0.5) is 5.69 Å². The van der Waals surface area contributed by atoms with E-state index in [0.717, 1.165) is 52.2 Å². The van der Waals surface area contributed by atoms with Crippen LogP contribution in [0.2, 0.25) is 0 Å². The summed E-state index contributed by atoms with van der Waals surface area (Å²) in [7, 11) is 4.08.